The third kappa shape index (κ3) is 5.49. The second-order valence-corrected chi connectivity index (χ2v) is 7.95. The maximum atomic E-state index is 10.4. The van der Waals surface area contributed by atoms with E-state index in [1.807, 2.05) is 13.8 Å². The van der Waals surface area contributed by atoms with Crippen LogP contribution in [0.3, 0.4) is 0 Å². The monoisotopic (exact) mass is 344 g/mol. The molecular weight excluding hydrogens is 312 g/mol. The Morgan fingerprint density at radius 2 is 2.12 bits per heavy atom. The lowest BCUT2D eigenvalue weighted by molar-refractivity contribution is 0.0352. The molecule has 0 aromatic rings. The van der Waals surface area contributed by atoms with E-state index in [1.165, 1.54) is 30.4 Å². The van der Waals surface area contributed by atoms with Crippen LogP contribution < -0.4 is 0 Å². The summed E-state index contributed by atoms with van der Waals surface area (Å²) in [5, 5.41) is 10.4. The summed E-state index contributed by atoms with van der Waals surface area (Å²) in [5.74, 6) is 5.97. The summed E-state index contributed by atoms with van der Waals surface area (Å²) in [7, 11) is 0. The molecule has 0 saturated heterocycles. The van der Waals surface area contributed by atoms with Crippen molar-refractivity contribution in [3.63, 3.8) is 0 Å². The Morgan fingerprint density at radius 3 is 2.84 bits per heavy atom. The predicted octanol–water partition coefficient (Wildman–Crippen LogP) is 4.53. The molecule has 2 aliphatic rings. The fourth-order valence-electron chi connectivity index (χ4n) is 3.50. The van der Waals surface area contributed by atoms with Gasteiger partial charge in [0.05, 0.1) is 12.9 Å². The summed E-state index contributed by atoms with van der Waals surface area (Å²) in [6.07, 6.45) is 9.36. The van der Waals surface area contributed by atoms with Crippen LogP contribution in [0, 0.1) is 17.3 Å². The van der Waals surface area contributed by atoms with E-state index in [4.69, 9.17) is 9.47 Å². The number of aliphatic hydroxyl groups excluding tert-OH is 1. The lowest BCUT2D eigenvalue weighted by Crippen LogP contribution is -2.24. The smallest absolute Gasteiger partial charge is 0.147 e. The number of hydrogen-bond donors (Lipinski definition) is 1. The molecule has 0 amide bonds. The van der Waals surface area contributed by atoms with Gasteiger partial charge in [0, 0.05) is 0 Å². The standard InChI is InChI=1S/C22H32O3/c1-17-7-6-11-21(3,4)19(17)9-8-18(2)20(23)10-12-22(5)13-14-24-15-16-25-22/h8,13-14,20,23H,6-7,9,11,15-16H2,1-5H3/b18-8+/t20-,22+/m1/s1. The molecule has 2 atom stereocenters. The molecule has 1 aliphatic heterocycles. The van der Waals surface area contributed by atoms with Crippen LogP contribution in [0.1, 0.15) is 60.3 Å². The molecule has 138 valence electrons. The van der Waals surface area contributed by atoms with E-state index in [0.717, 1.165) is 12.0 Å². The summed E-state index contributed by atoms with van der Waals surface area (Å²) < 4.78 is 10.9. The van der Waals surface area contributed by atoms with Gasteiger partial charge >= 0.3 is 0 Å². The van der Waals surface area contributed by atoms with E-state index >= 15 is 0 Å². The number of ether oxygens (including phenoxy) is 2. The van der Waals surface area contributed by atoms with Crippen molar-refractivity contribution in [3.8, 4) is 11.8 Å². The van der Waals surface area contributed by atoms with Gasteiger partial charge in [0.25, 0.3) is 0 Å². The first-order chi connectivity index (χ1) is 11.7. The Kier molecular flexibility index (Phi) is 6.54. The number of aliphatic hydroxyl groups is 1. The molecule has 3 nitrogen and oxygen atoms in total. The van der Waals surface area contributed by atoms with Gasteiger partial charge in [-0.05, 0) is 63.5 Å². The van der Waals surface area contributed by atoms with Gasteiger partial charge in [0.1, 0.15) is 18.3 Å². The minimum atomic E-state index is -0.773. The minimum Gasteiger partial charge on any atom is -0.499 e. The van der Waals surface area contributed by atoms with Crippen molar-refractivity contribution >= 4 is 0 Å². The third-order valence-corrected chi connectivity index (χ3v) is 5.29. The van der Waals surface area contributed by atoms with Crippen molar-refractivity contribution < 1.29 is 14.6 Å². The van der Waals surface area contributed by atoms with Crippen molar-refractivity contribution in [2.75, 3.05) is 13.2 Å². The molecule has 25 heavy (non-hydrogen) atoms. The van der Waals surface area contributed by atoms with E-state index in [2.05, 4.69) is 38.7 Å². The molecule has 0 unspecified atom stereocenters. The van der Waals surface area contributed by atoms with E-state index in [-0.39, 0.29) is 5.41 Å². The van der Waals surface area contributed by atoms with Gasteiger partial charge in [-0.1, -0.05) is 42.9 Å². The van der Waals surface area contributed by atoms with Crippen molar-refractivity contribution in [3.05, 3.63) is 35.1 Å². The molecule has 0 radical (unpaired) electrons. The van der Waals surface area contributed by atoms with Crippen molar-refractivity contribution in [1.29, 1.82) is 0 Å². The number of hydrogen-bond acceptors (Lipinski definition) is 3. The lowest BCUT2D eigenvalue weighted by atomic mass is 9.71. The van der Waals surface area contributed by atoms with Crippen LogP contribution in [0.25, 0.3) is 0 Å². The summed E-state index contributed by atoms with van der Waals surface area (Å²) in [6, 6.07) is 0. The van der Waals surface area contributed by atoms with E-state index in [9.17, 15) is 5.11 Å². The van der Waals surface area contributed by atoms with E-state index in [1.54, 1.807) is 12.3 Å². The Morgan fingerprint density at radius 1 is 1.36 bits per heavy atom. The van der Waals surface area contributed by atoms with Gasteiger partial charge in [0.2, 0.25) is 0 Å². The van der Waals surface area contributed by atoms with Crippen LogP contribution in [-0.4, -0.2) is 30.0 Å². The van der Waals surface area contributed by atoms with Gasteiger partial charge < -0.3 is 14.6 Å². The van der Waals surface area contributed by atoms with Crippen molar-refractivity contribution in [1.82, 2.24) is 0 Å². The van der Waals surface area contributed by atoms with Gasteiger partial charge in [-0.15, -0.1) is 0 Å². The number of rotatable bonds is 3. The van der Waals surface area contributed by atoms with Crippen LogP contribution in [0.5, 0.6) is 0 Å². The second kappa shape index (κ2) is 8.25. The SMILES string of the molecule is CC1=C(C/C=C(\C)[C@H](O)C#C[C@@]2(C)C=COCCO2)C(C)(C)CCC1. The maximum Gasteiger partial charge on any atom is 0.147 e. The minimum absolute atomic E-state index is 0.252. The first kappa shape index (κ1) is 19.8. The third-order valence-electron chi connectivity index (χ3n) is 5.29. The highest BCUT2D eigenvalue weighted by Crippen LogP contribution is 2.42. The first-order valence-electron chi connectivity index (χ1n) is 9.23. The average Bonchev–Trinajstić information content (AvgIpc) is 2.76. The zero-order chi connectivity index (χ0) is 18.5. The van der Waals surface area contributed by atoms with Crippen molar-refractivity contribution in [2.45, 2.75) is 72.0 Å². The summed E-state index contributed by atoms with van der Waals surface area (Å²) in [6.45, 7) is 11.7. The topological polar surface area (TPSA) is 38.7 Å². The molecule has 0 aromatic carbocycles. The molecule has 0 saturated carbocycles. The first-order valence-corrected chi connectivity index (χ1v) is 9.23. The molecule has 1 N–H and O–H groups in total. The largest absolute Gasteiger partial charge is 0.499 e. The molecule has 0 bridgehead atoms. The molecule has 0 fully saturated rings. The molecule has 1 aliphatic carbocycles. The highest BCUT2D eigenvalue weighted by atomic mass is 16.5. The molecule has 0 aromatic heterocycles. The molecule has 3 heteroatoms. The zero-order valence-corrected chi connectivity index (χ0v) is 16.3. The van der Waals surface area contributed by atoms with Gasteiger partial charge in [-0.25, -0.2) is 0 Å². The van der Waals surface area contributed by atoms with E-state index in [0.29, 0.717) is 13.2 Å². The summed E-state index contributed by atoms with van der Waals surface area (Å²) in [5.41, 5.74) is 3.46. The van der Waals surface area contributed by atoms with Crippen LogP contribution in [-0.2, 0) is 9.47 Å². The highest BCUT2D eigenvalue weighted by molar-refractivity contribution is 5.30. The van der Waals surface area contributed by atoms with Crippen molar-refractivity contribution in [2.24, 2.45) is 5.41 Å². The van der Waals surface area contributed by atoms with E-state index < -0.39 is 11.7 Å². The fourth-order valence-corrected chi connectivity index (χ4v) is 3.50. The lowest BCUT2D eigenvalue weighted by Gasteiger charge is -2.34. The van der Waals surface area contributed by atoms with Crippen LogP contribution in [0.15, 0.2) is 35.1 Å². The van der Waals surface area contributed by atoms with Crippen LogP contribution in [0.2, 0.25) is 0 Å². The quantitative estimate of drug-likeness (QED) is 0.604. The van der Waals surface area contributed by atoms with Crippen LogP contribution >= 0.6 is 0 Å². The molecule has 1 heterocycles. The normalized spacial score (nSPS) is 27.8. The second-order valence-electron chi connectivity index (χ2n) is 7.95. The Bertz CT molecular complexity index is 627. The highest BCUT2D eigenvalue weighted by Gasteiger charge is 2.27. The number of allylic oxidation sites excluding steroid dienone is 3. The molecule has 2 rings (SSSR count). The Hall–Kier alpha value is -1.50. The summed E-state index contributed by atoms with van der Waals surface area (Å²) in [4.78, 5) is 0. The van der Waals surface area contributed by atoms with Crippen LogP contribution in [0.4, 0.5) is 0 Å². The average molecular weight is 344 g/mol. The van der Waals surface area contributed by atoms with Gasteiger partial charge in [-0.3, -0.25) is 0 Å². The fraction of sp³-hybridized carbons (Fsp3) is 0.636. The Balaban J connectivity index is 2.06. The Labute approximate surface area is 152 Å². The maximum absolute atomic E-state index is 10.4. The zero-order valence-electron chi connectivity index (χ0n) is 16.3. The predicted molar refractivity (Wildman–Crippen MR) is 102 cm³/mol. The molecular formula is C22H32O3. The van der Waals surface area contributed by atoms with Gasteiger partial charge in [0.15, 0.2) is 0 Å². The molecule has 0 spiro atoms. The summed E-state index contributed by atoms with van der Waals surface area (Å²) >= 11 is 0. The van der Waals surface area contributed by atoms with Gasteiger partial charge in [-0.2, -0.15) is 0 Å².